The Morgan fingerprint density at radius 3 is 2.50 bits per heavy atom. The number of H-pyrrole nitrogens is 1. The Morgan fingerprint density at radius 1 is 1.06 bits per heavy atom. The van der Waals surface area contributed by atoms with Crippen LogP contribution in [0.4, 0.5) is 19.0 Å². The molecular formula is C40H48F3N7O4. The molecule has 1 N–H and O–H groups in total. The zero-order chi connectivity index (χ0) is 37.6. The first-order valence-electron chi connectivity index (χ1n) is 19.1. The minimum absolute atomic E-state index is 0.0304. The number of aryl methyl sites for hydroxylation is 1. The van der Waals surface area contributed by atoms with Crippen LogP contribution in [-0.2, 0) is 9.53 Å². The molecule has 0 bridgehead atoms. The average molecular weight is 748 g/mol. The number of halogens is 3. The largest absolute Gasteiger partial charge is 0.481 e. The van der Waals surface area contributed by atoms with Crippen molar-refractivity contribution in [3.05, 3.63) is 48.2 Å². The number of piperidine rings is 2. The number of carbonyl (C=O) groups is 1. The SMILES string of the molecule is C=CC(=O)N1CC2(CCN(c3nc(OC4CCN(CCCOC)CC4)nc4c(OCC(F)(F)F)c(-c5c(C)ccc6[nH]ncc56)c(C5CC5)cc34)CC2)C1. The maximum Gasteiger partial charge on any atom is 0.422 e. The highest BCUT2D eigenvalue weighted by atomic mass is 19.4. The fraction of sp³-hybridized carbons (Fsp3) is 0.550. The van der Waals surface area contributed by atoms with Crippen LogP contribution >= 0.6 is 0 Å². The fourth-order valence-corrected chi connectivity index (χ4v) is 8.63. The monoisotopic (exact) mass is 747 g/mol. The van der Waals surface area contributed by atoms with E-state index in [2.05, 4.69) is 32.6 Å². The van der Waals surface area contributed by atoms with E-state index in [0.29, 0.717) is 55.1 Å². The van der Waals surface area contributed by atoms with Crippen LogP contribution in [0.5, 0.6) is 11.8 Å². The van der Waals surface area contributed by atoms with Gasteiger partial charge in [0.25, 0.3) is 0 Å². The summed E-state index contributed by atoms with van der Waals surface area (Å²) in [5, 5.41) is 8.77. The third-order valence-electron chi connectivity index (χ3n) is 11.7. The Bertz CT molecular complexity index is 2020. The van der Waals surface area contributed by atoms with Crippen LogP contribution in [-0.4, -0.2) is 114 Å². The van der Waals surface area contributed by atoms with E-state index in [1.165, 1.54) is 6.08 Å². The molecule has 54 heavy (non-hydrogen) atoms. The Morgan fingerprint density at radius 2 is 1.81 bits per heavy atom. The van der Waals surface area contributed by atoms with Gasteiger partial charge >= 0.3 is 12.2 Å². The van der Waals surface area contributed by atoms with Crippen LogP contribution in [0.2, 0.25) is 0 Å². The molecule has 4 aromatic rings. The van der Waals surface area contributed by atoms with E-state index < -0.39 is 12.8 Å². The summed E-state index contributed by atoms with van der Waals surface area (Å²) in [4.78, 5) is 28.7. The Balaban J connectivity index is 1.23. The molecule has 1 spiro atoms. The number of aromatic amines is 1. The number of hydrogen-bond acceptors (Lipinski definition) is 9. The van der Waals surface area contributed by atoms with Gasteiger partial charge in [-0.2, -0.15) is 28.2 Å². The van der Waals surface area contributed by atoms with Gasteiger partial charge in [0.1, 0.15) is 17.4 Å². The second-order valence-corrected chi connectivity index (χ2v) is 15.6. The number of fused-ring (bicyclic) bond motifs is 2. The molecular weight excluding hydrogens is 699 g/mol. The molecule has 3 aliphatic heterocycles. The van der Waals surface area contributed by atoms with Crippen molar-refractivity contribution in [2.75, 3.05) is 71.0 Å². The number of benzene rings is 2. The number of likely N-dealkylation sites (tertiary alicyclic amines) is 2. The van der Waals surface area contributed by atoms with Crippen molar-refractivity contribution in [3.8, 4) is 22.9 Å². The number of anilines is 1. The van der Waals surface area contributed by atoms with Crippen LogP contribution < -0.4 is 14.4 Å². The first-order chi connectivity index (χ1) is 26.0. The van der Waals surface area contributed by atoms with Gasteiger partial charge in [0.15, 0.2) is 12.4 Å². The second-order valence-electron chi connectivity index (χ2n) is 15.6. The van der Waals surface area contributed by atoms with Gasteiger partial charge < -0.3 is 28.9 Å². The number of carbonyl (C=O) groups excluding carboxylic acids is 1. The molecule has 0 atom stereocenters. The molecule has 1 amide bonds. The smallest absolute Gasteiger partial charge is 0.422 e. The van der Waals surface area contributed by atoms with Crippen LogP contribution in [0.25, 0.3) is 32.9 Å². The second kappa shape index (κ2) is 14.7. The topological polar surface area (TPSA) is 109 Å². The summed E-state index contributed by atoms with van der Waals surface area (Å²) < 4.78 is 60.0. The number of hydrogen-bond donors (Lipinski definition) is 1. The molecule has 0 radical (unpaired) electrons. The first-order valence-corrected chi connectivity index (χ1v) is 19.1. The molecule has 5 heterocycles. The van der Waals surface area contributed by atoms with Crippen LogP contribution in [0.1, 0.15) is 62.0 Å². The number of alkyl halides is 3. The summed E-state index contributed by atoms with van der Waals surface area (Å²) >= 11 is 0. The lowest BCUT2D eigenvalue weighted by atomic mass is 9.72. The molecule has 14 heteroatoms. The van der Waals surface area contributed by atoms with Crippen molar-refractivity contribution >= 4 is 33.5 Å². The third kappa shape index (κ3) is 7.34. The maximum atomic E-state index is 14.1. The lowest BCUT2D eigenvalue weighted by Gasteiger charge is -2.54. The van der Waals surface area contributed by atoms with Gasteiger partial charge in [-0.1, -0.05) is 12.6 Å². The van der Waals surface area contributed by atoms with Crippen LogP contribution in [0.3, 0.4) is 0 Å². The summed E-state index contributed by atoms with van der Waals surface area (Å²) in [7, 11) is 1.71. The van der Waals surface area contributed by atoms with Gasteiger partial charge in [-0.05, 0) is 92.7 Å². The summed E-state index contributed by atoms with van der Waals surface area (Å²) in [6.45, 7) is 10.2. The van der Waals surface area contributed by atoms with Gasteiger partial charge in [0, 0.05) is 81.3 Å². The van der Waals surface area contributed by atoms with E-state index in [1.807, 2.05) is 24.0 Å². The standard InChI is InChI=1S/C40H48F3N7O4/c1-4-32(51)50-22-39(23-50)12-17-49(18-13-39)37-29-20-28(26-7-8-26)34(33-25(2)6-9-31-30(33)21-44-47-31)36(53-24-40(41,42)43)35(29)45-38(46-37)54-27-10-15-48(16-11-27)14-5-19-52-3/h4,6,9,20-21,26-27H,1,5,7-8,10-19,22-24H2,2-3H3,(H,44,47). The normalized spacial score (nSPS) is 19.4. The highest BCUT2D eigenvalue weighted by Gasteiger charge is 2.46. The van der Waals surface area contributed by atoms with E-state index >= 15 is 0 Å². The number of nitrogens with zero attached hydrogens (tertiary/aromatic N) is 6. The summed E-state index contributed by atoms with van der Waals surface area (Å²) in [5.74, 6) is 0.841. The molecule has 4 fully saturated rings. The zero-order valence-corrected chi connectivity index (χ0v) is 31.0. The number of aromatic nitrogens is 4. The molecule has 1 aliphatic carbocycles. The number of rotatable bonds is 12. The number of methoxy groups -OCH3 is 1. The number of nitrogens with one attached hydrogen (secondary N) is 1. The minimum atomic E-state index is -4.58. The lowest BCUT2D eigenvalue weighted by Crippen LogP contribution is -2.61. The van der Waals surface area contributed by atoms with Crippen molar-refractivity contribution < 1.29 is 32.2 Å². The molecule has 8 rings (SSSR count). The molecule has 2 aromatic heterocycles. The lowest BCUT2D eigenvalue weighted by molar-refractivity contribution is -0.153. The quantitative estimate of drug-likeness (QED) is 0.124. The van der Waals surface area contributed by atoms with E-state index in [0.717, 1.165) is 92.2 Å². The van der Waals surface area contributed by atoms with Gasteiger partial charge in [-0.3, -0.25) is 9.89 Å². The average Bonchev–Trinajstić information content (AvgIpc) is 3.89. The Hall–Kier alpha value is -4.43. The van der Waals surface area contributed by atoms with E-state index in [4.69, 9.17) is 24.2 Å². The minimum Gasteiger partial charge on any atom is -0.481 e. The van der Waals surface area contributed by atoms with Gasteiger partial charge in [0.2, 0.25) is 5.91 Å². The summed E-state index contributed by atoms with van der Waals surface area (Å²) in [5.41, 5.74) is 4.36. The van der Waals surface area contributed by atoms with E-state index in [-0.39, 0.29) is 35.1 Å². The van der Waals surface area contributed by atoms with Crippen molar-refractivity contribution in [2.24, 2.45) is 5.41 Å². The number of amides is 1. The molecule has 1 saturated carbocycles. The van der Waals surface area contributed by atoms with Crippen molar-refractivity contribution in [3.63, 3.8) is 0 Å². The molecule has 3 saturated heterocycles. The van der Waals surface area contributed by atoms with E-state index in [1.54, 1.807) is 13.3 Å². The van der Waals surface area contributed by atoms with Crippen LogP contribution in [0, 0.1) is 12.3 Å². The predicted octanol–water partition coefficient (Wildman–Crippen LogP) is 6.79. The Labute approximate surface area is 312 Å². The molecule has 0 unspecified atom stereocenters. The molecule has 11 nitrogen and oxygen atoms in total. The van der Waals surface area contributed by atoms with Crippen molar-refractivity contribution in [1.82, 2.24) is 30.0 Å². The zero-order valence-electron chi connectivity index (χ0n) is 31.0. The Kier molecular flexibility index (Phi) is 9.92. The molecule has 4 aliphatic rings. The summed E-state index contributed by atoms with van der Waals surface area (Å²) in [6, 6.07) is 6.13. The summed E-state index contributed by atoms with van der Waals surface area (Å²) in [6.07, 6.45) is 4.42. The molecule has 2 aromatic carbocycles. The fourth-order valence-electron chi connectivity index (χ4n) is 8.63. The van der Waals surface area contributed by atoms with Gasteiger partial charge in [-0.15, -0.1) is 0 Å². The number of ether oxygens (including phenoxy) is 3. The van der Waals surface area contributed by atoms with Gasteiger partial charge in [0.05, 0.1) is 11.7 Å². The van der Waals surface area contributed by atoms with Crippen molar-refractivity contribution in [1.29, 1.82) is 0 Å². The maximum absolute atomic E-state index is 14.1. The van der Waals surface area contributed by atoms with Gasteiger partial charge in [-0.25, -0.2) is 0 Å². The third-order valence-corrected chi connectivity index (χ3v) is 11.7. The highest BCUT2D eigenvalue weighted by molar-refractivity contribution is 6.06. The highest BCUT2D eigenvalue weighted by Crippen LogP contribution is 2.53. The predicted molar refractivity (Wildman–Crippen MR) is 200 cm³/mol. The first kappa shape index (κ1) is 36.5. The molecule has 288 valence electrons. The van der Waals surface area contributed by atoms with Crippen molar-refractivity contribution in [2.45, 2.75) is 70.1 Å². The van der Waals surface area contributed by atoms with E-state index in [9.17, 15) is 18.0 Å². The van der Waals surface area contributed by atoms with Crippen LogP contribution in [0.15, 0.2) is 37.1 Å².